The summed E-state index contributed by atoms with van der Waals surface area (Å²) in [7, 11) is 3.36. The summed E-state index contributed by atoms with van der Waals surface area (Å²) in [6.45, 7) is -2.03. The molecule has 0 aliphatic carbocycles. The van der Waals surface area contributed by atoms with Crippen molar-refractivity contribution in [2.75, 3.05) is 43.2 Å². The quantitative estimate of drug-likeness (QED) is 0.649. The third-order valence-electron chi connectivity index (χ3n) is 1.78. The second-order valence-electron chi connectivity index (χ2n) is 3.58. The van der Waals surface area contributed by atoms with Crippen LogP contribution in [0.4, 0.5) is 26.6 Å². The number of halogens is 2. The number of hydrogen-bond acceptors (Lipinski definition) is 7. The molecule has 9 heteroatoms. The van der Waals surface area contributed by atoms with Crippen LogP contribution in [-0.2, 0) is 0 Å². The summed E-state index contributed by atoms with van der Waals surface area (Å²) in [6, 6.07) is 0. The zero-order chi connectivity index (χ0) is 13.1. The van der Waals surface area contributed by atoms with Crippen LogP contribution in [0.1, 0.15) is 0 Å². The maximum Gasteiger partial charge on any atom is 0.287 e. The first-order valence-corrected chi connectivity index (χ1v) is 4.75. The van der Waals surface area contributed by atoms with Crippen LogP contribution in [0.2, 0.25) is 0 Å². The highest BCUT2D eigenvalue weighted by molar-refractivity contribution is 5.40. The van der Waals surface area contributed by atoms with Gasteiger partial charge in [0.05, 0.1) is 6.54 Å². The SMILES string of the molecule is CN(C)c1nc(N)nc(NCC(F)(F)CO)n1. The number of aliphatic hydroxyl groups excluding tert-OH is 1. The van der Waals surface area contributed by atoms with E-state index >= 15 is 0 Å². The number of anilines is 3. The summed E-state index contributed by atoms with van der Waals surface area (Å²) in [4.78, 5) is 12.9. The zero-order valence-electron chi connectivity index (χ0n) is 9.48. The molecule has 0 radical (unpaired) electrons. The number of nitrogens with one attached hydrogen (secondary N) is 1. The van der Waals surface area contributed by atoms with Gasteiger partial charge in [0.25, 0.3) is 5.92 Å². The van der Waals surface area contributed by atoms with E-state index in [9.17, 15) is 8.78 Å². The highest BCUT2D eigenvalue weighted by atomic mass is 19.3. The molecule has 17 heavy (non-hydrogen) atoms. The molecule has 0 saturated heterocycles. The monoisotopic (exact) mass is 248 g/mol. The number of alkyl halides is 2. The number of rotatable bonds is 5. The third kappa shape index (κ3) is 3.94. The number of nitrogens with two attached hydrogens (primary N) is 1. The molecule has 0 unspecified atom stereocenters. The second-order valence-corrected chi connectivity index (χ2v) is 3.58. The minimum atomic E-state index is -3.24. The number of hydrogen-bond donors (Lipinski definition) is 3. The maximum absolute atomic E-state index is 12.8. The lowest BCUT2D eigenvalue weighted by atomic mass is 10.3. The van der Waals surface area contributed by atoms with Crippen LogP contribution in [0.3, 0.4) is 0 Å². The van der Waals surface area contributed by atoms with E-state index in [2.05, 4.69) is 20.3 Å². The molecule has 0 bridgehead atoms. The molecule has 0 spiro atoms. The highest BCUT2D eigenvalue weighted by Crippen LogP contribution is 2.14. The van der Waals surface area contributed by atoms with Crippen molar-refractivity contribution in [2.24, 2.45) is 0 Å². The van der Waals surface area contributed by atoms with Crippen LogP contribution in [-0.4, -0.2) is 53.2 Å². The minimum absolute atomic E-state index is 0.0608. The van der Waals surface area contributed by atoms with E-state index in [1.807, 2.05) is 0 Å². The van der Waals surface area contributed by atoms with Crippen molar-refractivity contribution in [2.45, 2.75) is 5.92 Å². The van der Waals surface area contributed by atoms with Gasteiger partial charge in [0, 0.05) is 14.1 Å². The molecule has 0 aliphatic rings. The van der Waals surface area contributed by atoms with Gasteiger partial charge in [0.1, 0.15) is 6.61 Å². The van der Waals surface area contributed by atoms with Crippen molar-refractivity contribution in [1.82, 2.24) is 15.0 Å². The second kappa shape index (κ2) is 5.04. The molecule has 7 nitrogen and oxygen atoms in total. The fraction of sp³-hybridized carbons (Fsp3) is 0.625. The molecular formula is C8H14F2N6O. The van der Waals surface area contributed by atoms with Crippen LogP contribution < -0.4 is 16.0 Å². The van der Waals surface area contributed by atoms with Crippen LogP contribution in [0.15, 0.2) is 0 Å². The normalized spacial score (nSPS) is 11.4. The van der Waals surface area contributed by atoms with Gasteiger partial charge in [-0.15, -0.1) is 0 Å². The molecule has 1 aromatic heterocycles. The number of nitrogen functional groups attached to an aromatic ring is 1. The van der Waals surface area contributed by atoms with Crippen LogP contribution in [0, 0.1) is 0 Å². The summed E-state index contributed by atoms with van der Waals surface area (Å²) in [6.07, 6.45) is 0. The Labute approximate surface area is 96.7 Å². The molecule has 1 aromatic rings. The Morgan fingerprint density at radius 1 is 1.35 bits per heavy atom. The van der Waals surface area contributed by atoms with E-state index < -0.39 is 19.1 Å². The lowest BCUT2D eigenvalue weighted by Gasteiger charge is -2.15. The van der Waals surface area contributed by atoms with Gasteiger partial charge in [-0.3, -0.25) is 0 Å². The third-order valence-corrected chi connectivity index (χ3v) is 1.78. The van der Waals surface area contributed by atoms with E-state index in [1.54, 1.807) is 19.0 Å². The topological polar surface area (TPSA) is 100 Å². The fourth-order valence-electron chi connectivity index (χ4n) is 0.924. The average molecular weight is 248 g/mol. The summed E-state index contributed by atoms with van der Waals surface area (Å²) < 4.78 is 25.5. The van der Waals surface area contributed by atoms with Crippen LogP contribution in [0.25, 0.3) is 0 Å². The summed E-state index contributed by atoms with van der Waals surface area (Å²) >= 11 is 0. The Bertz CT molecular complexity index is 386. The molecule has 1 rings (SSSR count). The molecule has 0 aliphatic heterocycles. The van der Waals surface area contributed by atoms with Gasteiger partial charge in [-0.05, 0) is 0 Å². The molecule has 96 valence electrons. The van der Waals surface area contributed by atoms with Crippen molar-refractivity contribution < 1.29 is 13.9 Å². The molecule has 4 N–H and O–H groups in total. The van der Waals surface area contributed by atoms with Crippen molar-refractivity contribution in [3.63, 3.8) is 0 Å². The lowest BCUT2D eigenvalue weighted by Crippen LogP contribution is -2.31. The van der Waals surface area contributed by atoms with Crippen molar-refractivity contribution in [1.29, 1.82) is 0 Å². The predicted molar refractivity (Wildman–Crippen MR) is 59.1 cm³/mol. The summed E-state index contributed by atoms with van der Waals surface area (Å²) in [5.41, 5.74) is 5.40. The molecule has 0 aromatic carbocycles. The van der Waals surface area contributed by atoms with Crippen LogP contribution >= 0.6 is 0 Å². The standard InChI is InChI=1S/C8H14F2N6O/c1-16(2)7-14-5(11)13-6(15-7)12-3-8(9,10)4-17/h17H,3-4H2,1-2H3,(H3,11,12,13,14,15). The average Bonchev–Trinajstić information content (AvgIpc) is 2.26. The van der Waals surface area contributed by atoms with E-state index in [0.717, 1.165) is 0 Å². The first-order valence-electron chi connectivity index (χ1n) is 4.75. The Morgan fingerprint density at radius 2 is 2.00 bits per heavy atom. The van der Waals surface area contributed by atoms with Gasteiger partial charge in [-0.25, -0.2) is 8.78 Å². The van der Waals surface area contributed by atoms with Gasteiger partial charge in [-0.1, -0.05) is 0 Å². The molecule has 1 heterocycles. The molecule has 0 fully saturated rings. The molecule has 0 saturated carbocycles. The lowest BCUT2D eigenvalue weighted by molar-refractivity contribution is -0.0374. The molecule has 0 atom stereocenters. The zero-order valence-corrected chi connectivity index (χ0v) is 9.48. The Hall–Kier alpha value is -1.77. The highest BCUT2D eigenvalue weighted by Gasteiger charge is 2.27. The molecular weight excluding hydrogens is 234 g/mol. The maximum atomic E-state index is 12.8. The number of aliphatic hydroxyl groups is 1. The minimum Gasteiger partial charge on any atom is -0.390 e. The van der Waals surface area contributed by atoms with E-state index in [-0.39, 0.29) is 17.8 Å². The van der Waals surface area contributed by atoms with Gasteiger partial charge < -0.3 is 21.1 Å². The van der Waals surface area contributed by atoms with Gasteiger partial charge >= 0.3 is 0 Å². The van der Waals surface area contributed by atoms with E-state index in [4.69, 9.17) is 10.8 Å². The van der Waals surface area contributed by atoms with Gasteiger partial charge in [-0.2, -0.15) is 15.0 Å². The van der Waals surface area contributed by atoms with Crippen molar-refractivity contribution >= 4 is 17.8 Å². The van der Waals surface area contributed by atoms with Crippen molar-refractivity contribution in [3.8, 4) is 0 Å². The smallest absolute Gasteiger partial charge is 0.287 e. The van der Waals surface area contributed by atoms with E-state index in [1.165, 1.54) is 0 Å². The van der Waals surface area contributed by atoms with Crippen LogP contribution in [0.5, 0.6) is 0 Å². The first-order chi connectivity index (χ1) is 7.84. The summed E-state index contributed by atoms with van der Waals surface area (Å²) in [5, 5.41) is 10.7. The molecule has 0 amide bonds. The Balaban J connectivity index is 2.78. The number of aromatic nitrogens is 3. The number of nitrogens with zero attached hydrogens (tertiary/aromatic N) is 4. The van der Waals surface area contributed by atoms with Gasteiger partial charge in [0.15, 0.2) is 0 Å². The predicted octanol–water partition coefficient (Wildman–Crippen LogP) is -0.441. The van der Waals surface area contributed by atoms with E-state index in [0.29, 0.717) is 0 Å². The largest absolute Gasteiger partial charge is 0.390 e. The van der Waals surface area contributed by atoms with Gasteiger partial charge in [0.2, 0.25) is 17.8 Å². The van der Waals surface area contributed by atoms with Crippen molar-refractivity contribution in [3.05, 3.63) is 0 Å². The first kappa shape index (κ1) is 13.3. The Morgan fingerprint density at radius 3 is 2.53 bits per heavy atom. The fourth-order valence-corrected chi connectivity index (χ4v) is 0.924. The summed E-state index contributed by atoms with van der Waals surface area (Å²) in [5.74, 6) is -3.11. The Kier molecular flexibility index (Phi) is 3.94.